The van der Waals surface area contributed by atoms with Gasteiger partial charge in [-0.2, -0.15) is 0 Å². The lowest BCUT2D eigenvalue weighted by atomic mass is 9.85. The molecule has 9 heteroatoms. The highest BCUT2D eigenvalue weighted by Gasteiger charge is 2.26. The van der Waals surface area contributed by atoms with Gasteiger partial charge in [-0.1, -0.05) is 0 Å². The Hall–Kier alpha value is -3.17. The van der Waals surface area contributed by atoms with Crippen molar-refractivity contribution in [2.45, 2.75) is 38.3 Å². The van der Waals surface area contributed by atoms with Crippen LogP contribution < -0.4 is 15.4 Å². The van der Waals surface area contributed by atoms with E-state index in [-0.39, 0.29) is 11.8 Å². The Kier molecular flexibility index (Phi) is 5.91. The molecular formula is C23H24N6O2S. The number of nitrogens with zero attached hydrogens (tertiary/aromatic N) is 4. The quantitative estimate of drug-likeness (QED) is 0.461. The van der Waals surface area contributed by atoms with E-state index >= 15 is 0 Å². The van der Waals surface area contributed by atoms with Gasteiger partial charge in [-0.15, -0.1) is 11.3 Å². The number of fused-ring (bicyclic) bond motifs is 2. The van der Waals surface area contributed by atoms with Gasteiger partial charge >= 0.3 is 0 Å². The summed E-state index contributed by atoms with van der Waals surface area (Å²) in [7, 11) is 1.57. The van der Waals surface area contributed by atoms with Crippen molar-refractivity contribution in [3.8, 4) is 5.88 Å². The summed E-state index contributed by atoms with van der Waals surface area (Å²) in [6.07, 6.45) is 7.24. The SMILES string of the molecule is COc1ccc2nccc(NC(=O)[C@H]3CC[C@H](NCc4cnc5scnc5c4)CC3)c2n1. The smallest absolute Gasteiger partial charge is 0.227 e. The van der Waals surface area contributed by atoms with Crippen LogP contribution in [0.3, 0.4) is 0 Å². The van der Waals surface area contributed by atoms with E-state index in [1.807, 2.05) is 17.8 Å². The molecule has 0 bridgehead atoms. The first-order valence-electron chi connectivity index (χ1n) is 10.7. The van der Waals surface area contributed by atoms with Crippen molar-refractivity contribution in [1.82, 2.24) is 25.3 Å². The molecule has 4 aromatic heterocycles. The van der Waals surface area contributed by atoms with Crippen molar-refractivity contribution in [1.29, 1.82) is 0 Å². The zero-order chi connectivity index (χ0) is 21.9. The van der Waals surface area contributed by atoms with E-state index in [9.17, 15) is 4.79 Å². The van der Waals surface area contributed by atoms with Crippen molar-refractivity contribution < 1.29 is 9.53 Å². The number of amides is 1. The van der Waals surface area contributed by atoms with E-state index in [0.717, 1.165) is 53.7 Å². The van der Waals surface area contributed by atoms with Gasteiger partial charge < -0.3 is 15.4 Å². The lowest BCUT2D eigenvalue weighted by Gasteiger charge is -2.28. The maximum atomic E-state index is 12.9. The average molecular weight is 449 g/mol. The van der Waals surface area contributed by atoms with Gasteiger partial charge in [0, 0.05) is 37.0 Å². The van der Waals surface area contributed by atoms with Crippen LogP contribution in [0.1, 0.15) is 31.2 Å². The number of hydrogen-bond acceptors (Lipinski definition) is 8. The van der Waals surface area contributed by atoms with Gasteiger partial charge in [0.2, 0.25) is 11.8 Å². The molecule has 4 aromatic rings. The average Bonchev–Trinajstić information content (AvgIpc) is 3.31. The van der Waals surface area contributed by atoms with Gasteiger partial charge in [-0.3, -0.25) is 9.78 Å². The maximum Gasteiger partial charge on any atom is 0.227 e. The van der Waals surface area contributed by atoms with Crippen LogP contribution in [0.5, 0.6) is 5.88 Å². The number of thiazole rings is 1. The maximum absolute atomic E-state index is 12.9. The minimum absolute atomic E-state index is 0.00473. The first-order valence-corrected chi connectivity index (χ1v) is 11.6. The first-order chi connectivity index (χ1) is 15.7. The van der Waals surface area contributed by atoms with Gasteiger partial charge in [0.1, 0.15) is 15.9 Å². The van der Waals surface area contributed by atoms with Crippen LogP contribution in [0.15, 0.2) is 42.2 Å². The van der Waals surface area contributed by atoms with Crippen molar-refractivity contribution in [2.24, 2.45) is 5.92 Å². The topological polar surface area (TPSA) is 102 Å². The van der Waals surface area contributed by atoms with Crippen molar-refractivity contribution >= 4 is 44.3 Å². The minimum Gasteiger partial charge on any atom is -0.481 e. The Morgan fingerprint density at radius 1 is 1.12 bits per heavy atom. The van der Waals surface area contributed by atoms with Crippen LogP contribution in [0, 0.1) is 5.92 Å². The predicted octanol–water partition coefficient (Wildman–Crippen LogP) is 3.93. The third-order valence-electron chi connectivity index (χ3n) is 5.96. The molecule has 0 spiro atoms. The summed E-state index contributed by atoms with van der Waals surface area (Å²) >= 11 is 1.55. The fourth-order valence-corrected chi connectivity index (χ4v) is 4.79. The number of hydrogen-bond donors (Lipinski definition) is 2. The number of anilines is 1. The third kappa shape index (κ3) is 4.39. The highest BCUT2D eigenvalue weighted by Crippen LogP contribution is 2.28. The van der Waals surface area contributed by atoms with Gasteiger partial charge in [-0.25, -0.2) is 15.0 Å². The molecule has 1 saturated carbocycles. The van der Waals surface area contributed by atoms with E-state index in [1.54, 1.807) is 36.8 Å². The van der Waals surface area contributed by atoms with Crippen LogP contribution >= 0.6 is 11.3 Å². The zero-order valence-corrected chi connectivity index (χ0v) is 18.6. The van der Waals surface area contributed by atoms with Crippen LogP contribution in [0.25, 0.3) is 21.4 Å². The van der Waals surface area contributed by atoms with Crippen molar-refractivity contribution in [2.75, 3.05) is 12.4 Å². The van der Waals surface area contributed by atoms with Gasteiger partial charge in [-0.05, 0) is 49.4 Å². The molecule has 1 amide bonds. The summed E-state index contributed by atoms with van der Waals surface area (Å²) in [4.78, 5) is 31.5. The lowest BCUT2D eigenvalue weighted by molar-refractivity contribution is -0.120. The number of carbonyl (C=O) groups excluding carboxylic acids is 1. The molecular weight excluding hydrogens is 424 g/mol. The molecule has 164 valence electrons. The molecule has 0 saturated heterocycles. The van der Waals surface area contributed by atoms with Gasteiger partial charge in [0.15, 0.2) is 0 Å². The highest BCUT2D eigenvalue weighted by molar-refractivity contribution is 7.16. The summed E-state index contributed by atoms with van der Waals surface area (Å²) in [6, 6.07) is 7.88. The fourth-order valence-electron chi connectivity index (χ4n) is 4.17. The van der Waals surface area contributed by atoms with E-state index in [1.165, 1.54) is 0 Å². The van der Waals surface area contributed by atoms with E-state index in [4.69, 9.17) is 4.74 Å². The first kappa shape index (κ1) is 20.7. The van der Waals surface area contributed by atoms with E-state index in [0.29, 0.717) is 23.1 Å². The molecule has 1 aliphatic carbocycles. The van der Waals surface area contributed by atoms with Crippen LogP contribution in [-0.4, -0.2) is 39.0 Å². The minimum atomic E-state index is -0.00473. The predicted molar refractivity (Wildman–Crippen MR) is 125 cm³/mol. The molecule has 2 N–H and O–H groups in total. The second-order valence-electron chi connectivity index (χ2n) is 8.02. The summed E-state index contributed by atoms with van der Waals surface area (Å²) in [6.45, 7) is 0.762. The Morgan fingerprint density at radius 2 is 2.00 bits per heavy atom. The highest BCUT2D eigenvalue weighted by atomic mass is 32.1. The number of carbonyl (C=O) groups is 1. The van der Waals surface area contributed by atoms with Crippen molar-refractivity contribution in [3.05, 3.63) is 47.7 Å². The summed E-state index contributed by atoms with van der Waals surface area (Å²) in [5.74, 6) is 0.533. The molecule has 0 radical (unpaired) electrons. The Morgan fingerprint density at radius 3 is 2.84 bits per heavy atom. The Balaban J connectivity index is 1.16. The van der Waals surface area contributed by atoms with Gasteiger partial charge in [0.05, 0.1) is 23.8 Å². The molecule has 1 aliphatic rings. The Bertz CT molecular complexity index is 1250. The Labute approximate surface area is 189 Å². The molecule has 0 atom stereocenters. The van der Waals surface area contributed by atoms with Gasteiger partial charge in [0.25, 0.3) is 0 Å². The monoisotopic (exact) mass is 448 g/mol. The number of rotatable bonds is 6. The normalized spacial score (nSPS) is 18.7. The second kappa shape index (κ2) is 9.13. The largest absolute Gasteiger partial charge is 0.481 e. The molecule has 32 heavy (non-hydrogen) atoms. The van der Waals surface area contributed by atoms with Crippen molar-refractivity contribution in [3.63, 3.8) is 0 Å². The van der Waals surface area contributed by atoms with E-state index < -0.39 is 0 Å². The molecule has 4 heterocycles. The number of nitrogens with one attached hydrogen (secondary N) is 2. The molecule has 8 nitrogen and oxygen atoms in total. The number of aromatic nitrogens is 4. The van der Waals surface area contributed by atoms with Crippen LogP contribution in [-0.2, 0) is 11.3 Å². The molecule has 0 aliphatic heterocycles. The third-order valence-corrected chi connectivity index (χ3v) is 6.71. The molecule has 5 rings (SSSR count). The second-order valence-corrected chi connectivity index (χ2v) is 8.85. The lowest BCUT2D eigenvalue weighted by Crippen LogP contribution is -2.36. The van der Waals surface area contributed by atoms with Crippen LogP contribution in [0.2, 0.25) is 0 Å². The molecule has 0 aromatic carbocycles. The fraction of sp³-hybridized carbons (Fsp3) is 0.348. The standard InChI is InChI=1S/C23H24N6O2S/c1-31-20-7-6-17-21(29-20)18(8-9-24-17)28-22(30)15-2-4-16(5-3-15)25-11-14-10-19-23(26-12-14)32-13-27-19/h6-10,12-13,15-16,25H,2-5,11H2,1H3,(H,24,28,30)/t15-,16-. The summed E-state index contributed by atoms with van der Waals surface area (Å²) in [5, 5.41) is 6.67. The number of pyridine rings is 3. The number of ether oxygens (including phenoxy) is 1. The number of methoxy groups -OCH3 is 1. The molecule has 0 unspecified atom stereocenters. The summed E-state index contributed by atoms with van der Waals surface area (Å²) < 4.78 is 5.22. The van der Waals surface area contributed by atoms with Crippen LogP contribution in [0.4, 0.5) is 5.69 Å². The zero-order valence-electron chi connectivity index (χ0n) is 17.7. The van der Waals surface area contributed by atoms with E-state index in [2.05, 4.69) is 36.6 Å². The summed E-state index contributed by atoms with van der Waals surface area (Å²) in [5.41, 5.74) is 5.94. The molecule has 1 fully saturated rings.